The van der Waals surface area contributed by atoms with Crippen molar-refractivity contribution in [3.05, 3.63) is 83.2 Å². The Labute approximate surface area is 189 Å². The zero-order chi connectivity index (χ0) is 22.5. The Morgan fingerprint density at radius 1 is 1.03 bits per heavy atom. The van der Waals surface area contributed by atoms with Crippen molar-refractivity contribution < 1.29 is 19.1 Å². The minimum Gasteiger partial charge on any atom is -0.457 e. The smallest absolute Gasteiger partial charge is 0.310 e. The topological polar surface area (TPSA) is 57.5 Å². The Hall–Kier alpha value is -3.18. The van der Waals surface area contributed by atoms with E-state index < -0.39 is 5.97 Å². The van der Waals surface area contributed by atoms with Gasteiger partial charge in [-0.05, 0) is 49.4 Å². The number of nitrogens with zero attached hydrogens (tertiary/aromatic N) is 1. The first-order valence-electron chi connectivity index (χ1n) is 11.1. The molecule has 32 heavy (non-hydrogen) atoms. The maximum absolute atomic E-state index is 12.7. The quantitative estimate of drug-likeness (QED) is 0.375. The molecule has 0 N–H and O–H groups in total. The van der Waals surface area contributed by atoms with Gasteiger partial charge < -0.3 is 14.0 Å². The molecule has 5 nitrogen and oxygen atoms in total. The first-order chi connectivity index (χ1) is 15.5. The molecule has 4 rings (SSSR count). The summed E-state index contributed by atoms with van der Waals surface area (Å²) in [5.74, 6) is -0.580. The molecule has 0 bridgehead atoms. The van der Waals surface area contributed by atoms with Crippen LogP contribution in [0, 0.1) is 13.8 Å². The van der Waals surface area contributed by atoms with Crippen LogP contribution in [0.25, 0.3) is 11.1 Å². The molecule has 1 aromatic heterocycles. The fraction of sp³-hybridized carbons (Fsp3) is 0.333. The number of benzene rings is 2. The SMILES string of the molecule is Cc1cc(C(=O)COC(=O)Cc2ccc(-c3ccccc3)cc2)c(C)n1CC1CCCO1. The molecule has 0 radical (unpaired) electrons. The van der Waals surface area contributed by atoms with Gasteiger partial charge in [0.1, 0.15) is 0 Å². The number of ether oxygens (including phenoxy) is 2. The van der Waals surface area contributed by atoms with Crippen LogP contribution in [0.5, 0.6) is 0 Å². The van der Waals surface area contributed by atoms with Crippen LogP contribution in [0.1, 0.15) is 40.2 Å². The lowest BCUT2D eigenvalue weighted by atomic mass is 10.0. The second-order valence-electron chi connectivity index (χ2n) is 8.35. The van der Waals surface area contributed by atoms with Gasteiger partial charge >= 0.3 is 5.97 Å². The van der Waals surface area contributed by atoms with E-state index in [1.807, 2.05) is 74.5 Å². The maximum atomic E-state index is 12.7. The van der Waals surface area contributed by atoms with Gasteiger partial charge in [-0.15, -0.1) is 0 Å². The predicted octanol–water partition coefficient (Wildman–Crippen LogP) is 4.92. The van der Waals surface area contributed by atoms with Crippen LogP contribution in [0.3, 0.4) is 0 Å². The molecule has 2 aromatic carbocycles. The second-order valence-corrected chi connectivity index (χ2v) is 8.35. The first kappa shape index (κ1) is 22.0. The van der Waals surface area contributed by atoms with Gasteiger partial charge in [-0.2, -0.15) is 0 Å². The van der Waals surface area contributed by atoms with Crippen molar-refractivity contribution in [2.45, 2.75) is 45.8 Å². The molecule has 0 spiro atoms. The minimum atomic E-state index is -0.404. The number of Topliss-reactive ketones (excluding diaryl/α,β-unsaturated/α-hetero) is 1. The summed E-state index contributed by atoms with van der Waals surface area (Å²) in [7, 11) is 0. The third-order valence-electron chi connectivity index (χ3n) is 6.06. The molecular formula is C27H29NO4. The Morgan fingerprint density at radius 2 is 1.75 bits per heavy atom. The van der Waals surface area contributed by atoms with Gasteiger partial charge in [0.25, 0.3) is 0 Å². The monoisotopic (exact) mass is 431 g/mol. The van der Waals surface area contributed by atoms with Gasteiger partial charge in [-0.1, -0.05) is 54.6 Å². The van der Waals surface area contributed by atoms with E-state index in [4.69, 9.17) is 9.47 Å². The van der Waals surface area contributed by atoms with Crippen LogP contribution < -0.4 is 0 Å². The Balaban J connectivity index is 1.31. The zero-order valence-corrected chi connectivity index (χ0v) is 18.7. The first-order valence-corrected chi connectivity index (χ1v) is 11.1. The lowest BCUT2D eigenvalue weighted by Crippen LogP contribution is -2.18. The summed E-state index contributed by atoms with van der Waals surface area (Å²) >= 11 is 0. The summed E-state index contributed by atoms with van der Waals surface area (Å²) in [6, 6.07) is 19.8. The molecular weight excluding hydrogens is 402 g/mol. The highest BCUT2D eigenvalue weighted by atomic mass is 16.5. The number of hydrogen-bond acceptors (Lipinski definition) is 4. The fourth-order valence-electron chi connectivity index (χ4n) is 4.24. The van der Waals surface area contributed by atoms with Crippen molar-refractivity contribution in [1.29, 1.82) is 0 Å². The van der Waals surface area contributed by atoms with Crippen LogP contribution in [0.15, 0.2) is 60.7 Å². The summed E-state index contributed by atoms with van der Waals surface area (Å²) in [5.41, 5.74) is 5.61. The van der Waals surface area contributed by atoms with Crippen LogP contribution >= 0.6 is 0 Å². The molecule has 5 heteroatoms. The minimum absolute atomic E-state index is 0.139. The van der Waals surface area contributed by atoms with E-state index in [0.29, 0.717) is 5.56 Å². The third kappa shape index (κ3) is 5.17. The zero-order valence-electron chi connectivity index (χ0n) is 18.7. The van der Waals surface area contributed by atoms with Crippen molar-refractivity contribution in [2.24, 2.45) is 0 Å². The normalized spacial score (nSPS) is 15.6. The molecule has 1 fully saturated rings. The van der Waals surface area contributed by atoms with Gasteiger partial charge in [0.2, 0.25) is 5.78 Å². The number of aromatic nitrogens is 1. The van der Waals surface area contributed by atoms with E-state index in [2.05, 4.69) is 4.57 Å². The van der Waals surface area contributed by atoms with Gasteiger partial charge in [-0.25, -0.2) is 0 Å². The molecule has 0 amide bonds. The van der Waals surface area contributed by atoms with Crippen molar-refractivity contribution in [1.82, 2.24) is 4.57 Å². The molecule has 1 saturated heterocycles. The molecule has 1 aliphatic rings. The van der Waals surface area contributed by atoms with Gasteiger partial charge in [0.05, 0.1) is 12.5 Å². The molecule has 1 aliphatic heterocycles. The molecule has 166 valence electrons. The van der Waals surface area contributed by atoms with E-state index in [1.54, 1.807) is 0 Å². The number of aryl methyl sites for hydroxylation is 1. The predicted molar refractivity (Wildman–Crippen MR) is 124 cm³/mol. The van der Waals surface area contributed by atoms with Crippen molar-refractivity contribution in [3.63, 3.8) is 0 Å². The summed E-state index contributed by atoms with van der Waals surface area (Å²) in [6.45, 7) is 5.24. The van der Waals surface area contributed by atoms with Crippen molar-refractivity contribution in [2.75, 3.05) is 13.2 Å². The summed E-state index contributed by atoms with van der Waals surface area (Å²) < 4.78 is 13.1. The van der Waals surface area contributed by atoms with E-state index in [0.717, 1.165) is 54.1 Å². The molecule has 2 heterocycles. The van der Waals surface area contributed by atoms with Gasteiger partial charge in [0, 0.05) is 30.1 Å². The number of rotatable bonds is 8. The standard InChI is InChI=1S/C27H29NO4/c1-19-15-25(20(2)28(19)17-24-9-6-14-31-24)26(29)18-32-27(30)16-21-10-12-23(13-11-21)22-7-4-3-5-8-22/h3-5,7-8,10-13,15,24H,6,9,14,16-18H2,1-2H3. The highest BCUT2D eigenvalue weighted by Crippen LogP contribution is 2.21. The lowest BCUT2D eigenvalue weighted by molar-refractivity contribution is -0.141. The highest BCUT2D eigenvalue weighted by Gasteiger charge is 2.21. The van der Waals surface area contributed by atoms with Crippen LogP contribution in [0.2, 0.25) is 0 Å². The Morgan fingerprint density at radius 3 is 2.44 bits per heavy atom. The number of carbonyl (C=O) groups is 2. The molecule has 0 aliphatic carbocycles. The van der Waals surface area contributed by atoms with E-state index in [9.17, 15) is 9.59 Å². The summed E-state index contributed by atoms with van der Waals surface area (Å²) in [4.78, 5) is 25.0. The fourth-order valence-corrected chi connectivity index (χ4v) is 4.24. The highest BCUT2D eigenvalue weighted by molar-refractivity contribution is 5.99. The van der Waals surface area contributed by atoms with E-state index in [-0.39, 0.29) is 24.9 Å². The largest absolute Gasteiger partial charge is 0.457 e. The third-order valence-corrected chi connectivity index (χ3v) is 6.06. The van der Waals surface area contributed by atoms with Crippen LogP contribution in [0.4, 0.5) is 0 Å². The summed E-state index contributed by atoms with van der Waals surface area (Å²) in [6.07, 6.45) is 2.47. The maximum Gasteiger partial charge on any atom is 0.310 e. The second kappa shape index (κ2) is 9.96. The molecule has 3 aromatic rings. The van der Waals surface area contributed by atoms with E-state index in [1.165, 1.54) is 0 Å². The van der Waals surface area contributed by atoms with Gasteiger partial charge in [-0.3, -0.25) is 9.59 Å². The van der Waals surface area contributed by atoms with Crippen LogP contribution in [-0.4, -0.2) is 35.6 Å². The van der Waals surface area contributed by atoms with Crippen molar-refractivity contribution >= 4 is 11.8 Å². The van der Waals surface area contributed by atoms with Crippen LogP contribution in [-0.2, 0) is 27.2 Å². The van der Waals surface area contributed by atoms with E-state index >= 15 is 0 Å². The lowest BCUT2D eigenvalue weighted by Gasteiger charge is -2.14. The number of ketones is 1. The number of hydrogen-bond donors (Lipinski definition) is 0. The summed E-state index contributed by atoms with van der Waals surface area (Å²) in [5, 5.41) is 0. The molecule has 1 unspecified atom stereocenters. The van der Waals surface area contributed by atoms with Crippen molar-refractivity contribution in [3.8, 4) is 11.1 Å². The Bertz CT molecular complexity index is 1080. The van der Waals surface area contributed by atoms with Gasteiger partial charge in [0.15, 0.2) is 6.61 Å². The average Bonchev–Trinajstić information content (AvgIpc) is 3.42. The molecule has 1 atom stereocenters. The Kier molecular flexibility index (Phi) is 6.86. The average molecular weight is 432 g/mol. The number of esters is 1. The molecule has 0 saturated carbocycles. The number of carbonyl (C=O) groups excluding carboxylic acids is 2.